The fourth-order valence-corrected chi connectivity index (χ4v) is 7.51. The van der Waals surface area contributed by atoms with Gasteiger partial charge in [-0.25, -0.2) is 16.8 Å². The van der Waals surface area contributed by atoms with Crippen molar-refractivity contribution in [3.05, 3.63) is 55.0 Å². The number of halogens is 3. The molecular weight excluding hydrogens is 507 g/mol. The van der Waals surface area contributed by atoms with Crippen molar-refractivity contribution in [2.45, 2.75) is 16.0 Å². The zero-order chi connectivity index (χ0) is 20.7. The maximum Gasteiger partial charge on any atom is 0.271 e. The van der Waals surface area contributed by atoms with Crippen LogP contribution in [0.25, 0.3) is 0 Å². The van der Waals surface area contributed by atoms with E-state index in [9.17, 15) is 16.8 Å². The van der Waals surface area contributed by atoms with Crippen molar-refractivity contribution in [1.29, 1.82) is 0 Å². The second-order valence-electron chi connectivity index (χ2n) is 5.43. The van der Waals surface area contributed by atoms with E-state index >= 15 is 0 Å². The van der Waals surface area contributed by atoms with Crippen LogP contribution in [0.2, 0.25) is 14.4 Å². The molecule has 0 atom stereocenters. The largest absolute Gasteiger partial charge is 0.277 e. The third-order valence-corrected chi connectivity index (χ3v) is 9.73. The Morgan fingerprint density at radius 3 is 1.93 bits per heavy atom. The van der Waals surface area contributed by atoms with Gasteiger partial charge in [0.15, 0.2) is 0 Å². The SMILES string of the molecule is Cc1sc(Cl)cc1S(=O)(=O)Nc1cc(Cl)c(Cl)cc1NS(=O)(=O)c1cccs1. The van der Waals surface area contributed by atoms with Crippen LogP contribution in [0.1, 0.15) is 4.88 Å². The van der Waals surface area contributed by atoms with Crippen LogP contribution >= 0.6 is 57.5 Å². The Morgan fingerprint density at radius 2 is 1.46 bits per heavy atom. The third-order valence-electron chi connectivity index (χ3n) is 3.44. The number of hydrogen-bond donors (Lipinski definition) is 2. The first kappa shape index (κ1) is 21.7. The number of hydrogen-bond acceptors (Lipinski definition) is 6. The maximum absolute atomic E-state index is 12.8. The average molecular weight is 518 g/mol. The van der Waals surface area contributed by atoms with Gasteiger partial charge < -0.3 is 0 Å². The number of rotatable bonds is 6. The molecule has 0 aliphatic heterocycles. The molecule has 13 heteroatoms. The number of nitrogens with one attached hydrogen (secondary N) is 2. The summed E-state index contributed by atoms with van der Waals surface area (Å²) in [7, 11) is -7.98. The Balaban J connectivity index is 2.04. The van der Waals surface area contributed by atoms with Crippen LogP contribution in [0.15, 0.2) is 44.8 Å². The van der Waals surface area contributed by atoms with Gasteiger partial charge in [0.25, 0.3) is 20.0 Å². The fraction of sp³-hybridized carbons (Fsp3) is 0.0667. The van der Waals surface area contributed by atoms with Crippen molar-refractivity contribution in [2.75, 3.05) is 9.44 Å². The number of thiophene rings is 2. The van der Waals surface area contributed by atoms with Crippen molar-refractivity contribution in [2.24, 2.45) is 0 Å². The molecule has 0 bridgehead atoms. The lowest BCUT2D eigenvalue weighted by atomic mass is 10.3. The molecule has 0 aliphatic carbocycles. The fourth-order valence-electron chi connectivity index (χ4n) is 2.22. The highest BCUT2D eigenvalue weighted by molar-refractivity contribution is 7.94. The first-order valence-electron chi connectivity index (χ1n) is 7.34. The molecule has 28 heavy (non-hydrogen) atoms. The van der Waals surface area contributed by atoms with E-state index in [0.717, 1.165) is 22.7 Å². The van der Waals surface area contributed by atoms with E-state index in [1.54, 1.807) is 18.4 Å². The summed E-state index contributed by atoms with van der Waals surface area (Å²) in [4.78, 5) is 0.471. The summed E-state index contributed by atoms with van der Waals surface area (Å²) in [6.45, 7) is 1.61. The Hall–Kier alpha value is -1.01. The van der Waals surface area contributed by atoms with E-state index in [1.807, 2.05) is 0 Å². The van der Waals surface area contributed by atoms with E-state index < -0.39 is 20.0 Å². The van der Waals surface area contributed by atoms with Gasteiger partial charge in [-0.05, 0) is 36.6 Å². The topological polar surface area (TPSA) is 92.3 Å². The quantitative estimate of drug-likeness (QED) is 0.440. The molecule has 0 amide bonds. The lowest BCUT2D eigenvalue weighted by molar-refractivity contribution is 0.599. The summed E-state index contributed by atoms with van der Waals surface area (Å²) in [5, 5.41) is 1.72. The highest BCUT2D eigenvalue weighted by Crippen LogP contribution is 2.37. The molecule has 3 rings (SSSR count). The standard InChI is InChI=1S/C15H11Cl3N2O4S4/c1-8-13(7-14(18)26-8)27(21,22)19-11-5-9(16)10(17)6-12(11)20-28(23,24)15-3-2-4-25-15/h2-7,19-20H,1H3. The molecule has 150 valence electrons. The molecule has 2 N–H and O–H groups in total. The molecule has 0 spiro atoms. The maximum atomic E-state index is 12.8. The Kier molecular flexibility index (Phi) is 6.21. The van der Waals surface area contributed by atoms with Crippen LogP contribution in [0.4, 0.5) is 11.4 Å². The lowest BCUT2D eigenvalue weighted by Gasteiger charge is -2.15. The van der Waals surface area contributed by atoms with E-state index in [4.69, 9.17) is 34.8 Å². The predicted molar refractivity (Wildman–Crippen MR) is 116 cm³/mol. The van der Waals surface area contributed by atoms with Crippen LogP contribution in [-0.4, -0.2) is 16.8 Å². The minimum atomic E-state index is -4.04. The third kappa shape index (κ3) is 4.59. The number of anilines is 2. The Labute approximate surface area is 185 Å². The number of sulfonamides is 2. The summed E-state index contributed by atoms with van der Waals surface area (Å²) in [5.74, 6) is 0. The number of benzene rings is 1. The molecule has 6 nitrogen and oxygen atoms in total. The first-order chi connectivity index (χ1) is 13.0. The highest BCUT2D eigenvalue weighted by atomic mass is 35.5. The number of aryl methyl sites for hydroxylation is 1. The van der Waals surface area contributed by atoms with Crippen molar-refractivity contribution in [1.82, 2.24) is 0 Å². The molecular formula is C15H11Cl3N2O4S4. The molecule has 3 aromatic rings. The minimum absolute atomic E-state index is 0.0133. The molecule has 0 radical (unpaired) electrons. The molecule has 0 saturated carbocycles. The van der Waals surface area contributed by atoms with Gasteiger partial charge in [-0.2, -0.15) is 0 Å². The second-order valence-corrected chi connectivity index (χ2v) is 12.6. The predicted octanol–water partition coefficient (Wildman–Crippen LogP) is 5.68. The van der Waals surface area contributed by atoms with Crippen LogP contribution in [-0.2, 0) is 20.0 Å². The van der Waals surface area contributed by atoms with Crippen LogP contribution < -0.4 is 9.44 Å². The summed E-state index contributed by atoms with van der Waals surface area (Å²) in [6.07, 6.45) is 0. The molecule has 1 aromatic carbocycles. The Bertz CT molecular complexity index is 1240. The molecule has 0 fully saturated rings. The monoisotopic (exact) mass is 516 g/mol. The van der Waals surface area contributed by atoms with Gasteiger partial charge in [-0.15, -0.1) is 22.7 Å². The molecule has 0 saturated heterocycles. The van der Waals surface area contributed by atoms with Crippen molar-refractivity contribution < 1.29 is 16.8 Å². The van der Waals surface area contributed by atoms with Crippen molar-refractivity contribution >= 4 is 88.9 Å². The van der Waals surface area contributed by atoms with Gasteiger partial charge >= 0.3 is 0 Å². The minimum Gasteiger partial charge on any atom is -0.277 e. The molecule has 0 unspecified atom stereocenters. The zero-order valence-electron chi connectivity index (χ0n) is 13.9. The van der Waals surface area contributed by atoms with E-state index in [1.165, 1.54) is 24.3 Å². The normalized spacial score (nSPS) is 12.1. The molecule has 2 aromatic heterocycles. The van der Waals surface area contributed by atoms with Crippen LogP contribution in [0.3, 0.4) is 0 Å². The summed E-state index contributed by atoms with van der Waals surface area (Å²) < 4.78 is 55.7. The van der Waals surface area contributed by atoms with Gasteiger partial charge in [-0.3, -0.25) is 9.44 Å². The smallest absolute Gasteiger partial charge is 0.271 e. The van der Waals surface area contributed by atoms with Crippen LogP contribution in [0, 0.1) is 6.92 Å². The molecule has 0 aliphatic rings. The summed E-state index contributed by atoms with van der Waals surface area (Å²) in [6, 6.07) is 6.79. The average Bonchev–Trinajstić information content (AvgIpc) is 3.22. The van der Waals surface area contributed by atoms with E-state index in [2.05, 4.69) is 9.44 Å². The van der Waals surface area contributed by atoms with Crippen molar-refractivity contribution in [3.8, 4) is 0 Å². The second kappa shape index (κ2) is 8.02. The van der Waals surface area contributed by atoms with Gasteiger partial charge in [-0.1, -0.05) is 40.9 Å². The zero-order valence-corrected chi connectivity index (χ0v) is 19.4. The van der Waals surface area contributed by atoms with E-state index in [-0.39, 0.29) is 30.5 Å². The first-order valence-corrected chi connectivity index (χ1v) is 13.1. The summed E-state index contributed by atoms with van der Waals surface area (Å²) in [5.41, 5.74) is -0.137. The van der Waals surface area contributed by atoms with Crippen molar-refractivity contribution in [3.63, 3.8) is 0 Å². The van der Waals surface area contributed by atoms with Gasteiger partial charge in [0.05, 0.1) is 25.8 Å². The van der Waals surface area contributed by atoms with Gasteiger partial charge in [0.2, 0.25) is 0 Å². The summed E-state index contributed by atoms with van der Waals surface area (Å²) >= 11 is 20.0. The highest BCUT2D eigenvalue weighted by Gasteiger charge is 2.24. The molecule has 2 heterocycles. The van der Waals surface area contributed by atoms with Gasteiger partial charge in [0.1, 0.15) is 9.10 Å². The lowest BCUT2D eigenvalue weighted by Crippen LogP contribution is -2.17. The van der Waals surface area contributed by atoms with Crippen LogP contribution in [0.5, 0.6) is 0 Å². The van der Waals surface area contributed by atoms with E-state index in [0.29, 0.717) is 9.21 Å². The Morgan fingerprint density at radius 1 is 0.893 bits per heavy atom. The van der Waals surface area contributed by atoms with Gasteiger partial charge in [0, 0.05) is 4.88 Å².